The van der Waals surface area contributed by atoms with Gasteiger partial charge in [0.05, 0.1) is 5.39 Å². The average molecular weight is 376 g/mol. The predicted molar refractivity (Wildman–Crippen MR) is 102 cm³/mol. The molecule has 1 amide bonds. The minimum atomic E-state index is -0.982. The summed E-state index contributed by atoms with van der Waals surface area (Å²) in [6.45, 7) is 7.39. The molecule has 2 aromatic rings. The van der Waals surface area contributed by atoms with E-state index in [1.54, 1.807) is 24.6 Å². The average Bonchev–Trinajstić information content (AvgIpc) is 2.93. The lowest BCUT2D eigenvalue weighted by Gasteiger charge is -2.33. The highest BCUT2D eigenvalue weighted by Crippen LogP contribution is 2.35. The molecule has 7 nitrogen and oxygen atoms in total. The summed E-state index contributed by atoms with van der Waals surface area (Å²) >= 11 is 1.68. The summed E-state index contributed by atoms with van der Waals surface area (Å²) in [6.07, 6.45) is 3.37. The minimum absolute atomic E-state index is 0.151. The highest BCUT2D eigenvalue weighted by molar-refractivity contribution is 7.18. The molecular formula is C18H24N4O3S. The van der Waals surface area contributed by atoms with Gasteiger partial charge in [0.25, 0.3) is 0 Å². The van der Waals surface area contributed by atoms with Gasteiger partial charge in [-0.05, 0) is 38.7 Å². The maximum atomic E-state index is 12.4. The van der Waals surface area contributed by atoms with Gasteiger partial charge in [0, 0.05) is 23.9 Å². The van der Waals surface area contributed by atoms with Crippen molar-refractivity contribution in [1.82, 2.24) is 15.3 Å². The largest absolute Gasteiger partial charge is 0.480 e. The fourth-order valence-corrected chi connectivity index (χ4v) is 4.38. The van der Waals surface area contributed by atoms with Crippen molar-refractivity contribution in [3.05, 3.63) is 16.8 Å². The highest BCUT2D eigenvalue weighted by atomic mass is 32.1. The van der Waals surface area contributed by atoms with Crippen LogP contribution in [0, 0.1) is 19.8 Å². The number of nitrogens with one attached hydrogen (secondary N) is 1. The number of anilines is 1. The lowest BCUT2D eigenvalue weighted by Crippen LogP contribution is -2.46. The lowest BCUT2D eigenvalue weighted by atomic mass is 9.95. The molecule has 2 N–H and O–H groups in total. The van der Waals surface area contributed by atoms with Crippen LogP contribution in [0.5, 0.6) is 0 Å². The maximum absolute atomic E-state index is 12.4. The van der Waals surface area contributed by atoms with Crippen LogP contribution >= 0.6 is 11.3 Å². The van der Waals surface area contributed by atoms with E-state index in [9.17, 15) is 9.59 Å². The number of aryl methyl sites for hydroxylation is 2. The molecule has 0 radical (unpaired) electrons. The first-order chi connectivity index (χ1) is 12.4. The van der Waals surface area contributed by atoms with Gasteiger partial charge in [-0.2, -0.15) is 0 Å². The van der Waals surface area contributed by atoms with E-state index < -0.39 is 12.0 Å². The van der Waals surface area contributed by atoms with Gasteiger partial charge >= 0.3 is 5.97 Å². The van der Waals surface area contributed by atoms with Crippen LogP contribution in [-0.2, 0) is 9.59 Å². The first kappa shape index (κ1) is 18.6. The minimum Gasteiger partial charge on any atom is -0.480 e. The van der Waals surface area contributed by atoms with E-state index in [0.29, 0.717) is 19.3 Å². The van der Waals surface area contributed by atoms with Crippen molar-refractivity contribution in [2.75, 3.05) is 18.0 Å². The lowest BCUT2D eigenvalue weighted by molar-refractivity contribution is -0.142. The molecule has 3 rings (SSSR count). The summed E-state index contributed by atoms with van der Waals surface area (Å²) in [6, 6.07) is -0.807. The zero-order valence-corrected chi connectivity index (χ0v) is 16.1. The molecule has 1 aliphatic rings. The number of rotatable bonds is 5. The van der Waals surface area contributed by atoms with Crippen LogP contribution < -0.4 is 10.2 Å². The Hall–Kier alpha value is -2.22. The van der Waals surface area contributed by atoms with Gasteiger partial charge < -0.3 is 15.3 Å². The molecule has 1 atom stereocenters. The molecule has 0 spiro atoms. The first-order valence-corrected chi connectivity index (χ1v) is 9.72. The zero-order chi connectivity index (χ0) is 18.8. The fraction of sp³-hybridized carbons (Fsp3) is 0.556. The second kappa shape index (κ2) is 7.57. The van der Waals surface area contributed by atoms with E-state index in [0.717, 1.165) is 29.1 Å². The summed E-state index contributed by atoms with van der Waals surface area (Å²) in [7, 11) is 0. The van der Waals surface area contributed by atoms with Gasteiger partial charge in [0.1, 0.15) is 23.0 Å². The summed E-state index contributed by atoms with van der Waals surface area (Å²) in [5.41, 5.74) is 1.22. The third kappa shape index (κ3) is 3.51. The Morgan fingerprint density at radius 1 is 1.35 bits per heavy atom. The number of aromatic nitrogens is 2. The van der Waals surface area contributed by atoms with E-state index >= 15 is 0 Å². The number of carboxylic acids is 1. The van der Waals surface area contributed by atoms with Crippen molar-refractivity contribution in [2.45, 2.75) is 46.1 Å². The number of hydrogen-bond acceptors (Lipinski definition) is 6. The van der Waals surface area contributed by atoms with Gasteiger partial charge in [0.15, 0.2) is 0 Å². The Morgan fingerprint density at radius 3 is 2.65 bits per heavy atom. The molecule has 1 saturated heterocycles. The Balaban J connectivity index is 1.69. The number of amides is 1. The summed E-state index contributed by atoms with van der Waals surface area (Å²) < 4.78 is 0. The number of carboxylic acid groups (broad SMARTS) is 1. The number of fused-ring (bicyclic) bond motifs is 1. The molecule has 3 heterocycles. The number of aliphatic carboxylic acids is 1. The van der Waals surface area contributed by atoms with Crippen molar-refractivity contribution >= 4 is 39.2 Å². The van der Waals surface area contributed by atoms with Crippen LogP contribution in [-0.4, -0.2) is 46.1 Å². The maximum Gasteiger partial charge on any atom is 0.326 e. The molecule has 8 heteroatoms. The number of carbonyl (C=O) groups is 2. The van der Waals surface area contributed by atoms with E-state index in [1.807, 2.05) is 0 Å². The SMILES string of the molecule is CCC(NC(=O)C1CCN(c2ncnc3sc(C)c(C)c23)CC1)C(=O)O. The predicted octanol–water partition coefficient (Wildman–Crippen LogP) is 2.50. The van der Waals surface area contributed by atoms with Crippen molar-refractivity contribution in [3.63, 3.8) is 0 Å². The van der Waals surface area contributed by atoms with Crippen LogP contribution in [0.25, 0.3) is 10.2 Å². The smallest absolute Gasteiger partial charge is 0.326 e. The van der Waals surface area contributed by atoms with Crippen molar-refractivity contribution < 1.29 is 14.7 Å². The molecule has 0 bridgehead atoms. The standard InChI is InChI=1S/C18H24N4O3S/c1-4-13(18(24)25)21-16(23)12-5-7-22(8-6-12)15-14-10(2)11(3)26-17(14)20-9-19-15/h9,12-13H,4-8H2,1-3H3,(H,21,23)(H,24,25). The third-order valence-corrected chi connectivity index (χ3v) is 6.25. The Bertz CT molecular complexity index is 827. The van der Waals surface area contributed by atoms with Gasteiger partial charge in [-0.3, -0.25) is 4.79 Å². The highest BCUT2D eigenvalue weighted by Gasteiger charge is 2.29. The normalized spacial score (nSPS) is 16.7. The third-order valence-electron chi connectivity index (χ3n) is 5.13. The first-order valence-electron chi connectivity index (χ1n) is 8.91. The second-order valence-corrected chi connectivity index (χ2v) is 7.93. The molecule has 1 aliphatic heterocycles. The molecule has 26 heavy (non-hydrogen) atoms. The Labute approximate surface area is 156 Å². The molecule has 0 aromatic carbocycles. The van der Waals surface area contributed by atoms with Crippen LogP contribution in [0.2, 0.25) is 0 Å². The number of hydrogen-bond donors (Lipinski definition) is 2. The molecule has 2 aromatic heterocycles. The van der Waals surface area contributed by atoms with Crippen LogP contribution in [0.1, 0.15) is 36.6 Å². The molecule has 0 saturated carbocycles. The Morgan fingerprint density at radius 2 is 2.04 bits per heavy atom. The van der Waals surface area contributed by atoms with E-state index in [1.165, 1.54) is 10.4 Å². The molecule has 0 aliphatic carbocycles. The van der Waals surface area contributed by atoms with Crippen molar-refractivity contribution in [1.29, 1.82) is 0 Å². The molecule has 1 fully saturated rings. The van der Waals surface area contributed by atoms with E-state index in [-0.39, 0.29) is 11.8 Å². The molecule has 1 unspecified atom stereocenters. The van der Waals surface area contributed by atoms with Crippen LogP contribution in [0.4, 0.5) is 5.82 Å². The summed E-state index contributed by atoms with van der Waals surface area (Å²) in [5.74, 6) is -0.353. The Kier molecular flexibility index (Phi) is 5.41. The van der Waals surface area contributed by atoms with Gasteiger partial charge in [-0.1, -0.05) is 6.92 Å². The monoisotopic (exact) mass is 376 g/mol. The van der Waals surface area contributed by atoms with E-state index in [4.69, 9.17) is 5.11 Å². The quantitative estimate of drug-likeness (QED) is 0.832. The zero-order valence-electron chi connectivity index (χ0n) is 15.3. The number of piperidine rings is 1. The van der Waals surface area contributed by atoms with Crippen molar-refractivity contribution in [3.8, 4) is 0 Å². The second-order valence-electron chi connectivity index (χ2n) is 6.73. The summed E-state index contributed by atoms with van der Waals surface area (Å²) in [5, 5.41) is 12.9. The van der Waals surface area contributed by atoms with E-state index in [2.05, 4.69) is 34.0 Å². The van der Waals surface area contributed by atoms with Crippen LogP contribution in [0.15, 0.2) is 6.33 Å². The number of carbonyl (C=O) groups excluding carboxylic acids is 1. The summed E-state index contributed by atoms with van der Waals surface area (Å²) in [4.78, 5) is 36.8. The van der Waals surface area contributed by atoms with Crippen LogP contribution in [0.3, 0.4) is 0 Å². The fourth-order valence-electron chi connectivity index (χ4n) is 3.39. The molecular weight excluding hydrogens is 352 g/mol. The van der Waals surface area contributed by atoms with Gasteiger partial charge in [0.2, 0.25) is 5.91 Å². The number of nitrogens with zero attached hydrogens (tertiary/aromatic N) is 3. The molecule has 140 valence electrons. The topological polar surface area (TPSA) is 95.4 Å². The van der Waals surface area contributed by atoms with Gasteiger partial charge in [-0.15, -0.1) is 11.3 Å². The van der Waals surface area contributed by atoms with Gasteiger partial charge in [-0.25, -0.2) is 14.8 Å². The number of thiophene rings is 1. The van der Waals surface area contributed by atoms with Crippen molar-refractivity contribution in [2.24, 2.45) is 5.92 Å².